The fraction of sp³-hybridized carbons (Fsp3) is 0.588. The Morgan fingerprint density at radius 2 is 1.87 bits per heavy atom. The van der Waals surface area contributed by atoms with Crippen LogP contribution in [0, 0.1) is 17.7 Å². The fourth-order valence-electron chi connectivity index (χ4n) is 4.67. The van der Waals surface area contributed by atoms with Crippen LogP contribution in [-0.2, 0) is 6.42 Å². The number of hydrogen-bond acceptors (Lipinski definition) is 2. The van der Waals surface area contributed by atoms with Crippen LogP contribution in [0.1, 0.15) is 18.4 Å². The summed E-state index contributed by atoms with van der Waals surface area (Å²) < 4.78 is 13.6. The molecular weight excluding hydrogens is 317 g/mol. The Morgan fingerprint density at radius 1 is 1.22 bits per heavy atom. The highest BCUT2D eigenvalue weighted by molar-refractivity contribution is 5.85. The van der Waals surface area contributed by atoms with Crippen molar-refractivity contribution in [2.45, 2.75) is 31.3 Å². The molecule has 4 nitrogen and oxygen atoms in total. The van der Waals surface area contributed by atoms with E-state index in [0.717, 1.165) is 25.9 Å². The largest absolute Gasteiger partial charge is 0.338 e. The van der Waals surface area contributed by atoms with E-state index in [4.69, 9.17) is 0 Å². The molecule has 3 aliphatic heterocycles. The van der Waals surface area contributed by atoms with Crippen LogP contribution in [0.2, 0.25) is 0 Å². The van der Waals surface area contributed by atoms with Gasteiger partial charge in [-0.05, 0) is 42.7 Å². The van der Waals surface area contributed by atoms with Crippen LogP contribution in [0.15, 0.2) is 24.3 Å². The first-order chi connectivity index (χ1) is 10.8. The van der Waals surface area contributed by atoms with Crippen LogP contribution in [0.4, 0.5) is 9.18 Å². The Kier molecular flexibility index (Phi) is 4.78. The number of carbonyl (C=O) groups is 1. The summed E-state index contributed by atoms with van der Waals surface area (Å²) in [5, 5.41) is 6.45. The summed E-state index contributed by atoms with van der Waals surface area (Å²) in [6.07, 6.45) is 2.80. The van der Waals surface area contributed by atoms with Gasteiger partial charge in [0.15, 0.2) is 0 Å². The first-order valence-corrected chi connectivity index (χ1v) is 8.26. The lowest BCUT2D eigenvalue weighted by Gasteiger charge is -2.25. The van der Waals surface area contributed by atoms with Gasteiger partial charge in [-0.15, -0.1) is 12.4 Å². The number of hydrogen-bond donors (Lipinski definition) is 2. The van der Waals surface area contributed by atoms with Crippen LogP contribution >= 0.6 is 12.4 Å². The summed E-state index contributed by atoms with van der Waals surface area (Å²) in [5.74, 6) is 1.07. The molecule has 3 saturated heterocycles. The molecule has 0 spiro atoms. The fourth-order valence-corrected chi connectivity index (χ4v) is 4.67. The monoisotopic (exact) mass is 339 g/mol. The lowest BCUT2D eigenvalue weighted by molar-refractivity contribution is 0.185. The average Bonchev–Trinajstić information content (AvgIpc) is 3.20. The summed E-state index contributed by atoms with van der Waals surface area (Å²) >= 11 is 0. The molecule has 3 heterocycles. The van der Waals surface area contributed by atoms with Crippen LogP contribution in [0.5, 0.6) is 0 Å². The molecule has 0 radical (unpaired) electrons. The van der Waals surface area contributed by atoms with E-state index in [2.05, 4.69) is 15.5 Å². The minimum Gasteiger partial charge on any atom is -0.338 e. The molecule has 0 unspecified atom stereocenters. The molecule has 3 aliphatic rings. The van der Waals surface area contributed by atoms with Crippen molar-refractivity contribution in [2.24, 2.45) is 11.8 Å². The average molecular weight is 340 g/mol. The van der Waals surface area contributed by atoms with Crippen molar-refractivity contribution in [3.63, 3.8) is 0 Å². The number of nitrogens with one attached hydrogen (secondary N) is 2. The first kappa shape index (κ1) is 16.5. The minimum absolute atomic E-state index is 0. The standard InChI is InChI=1S/C17H22FN3O.ClH/c18-14-4-2-1-3-11(14)7-8-20-17(22)21-15-5-6-16(21)13-10-19-9-12(13)15;/h1-4,12-13,15-16,19H,5-10H2,(H,20,22);1H/t12-,13+,15-,16+;. The molecule has 2 bridgehead atoms. The van der Waals surface area contributed by atoms with Gasteiger partial charge >= 0.3 is 6.03 Å². The Labute approximate surface area is 142 Å². The second-order valence-corrected chi connectivity index (χ2v) is 6.68. The number of rotatable bonds is 3. The van der Waals surface area contributed by atoms with E-state index >= 15 is 0 Å². The molecule has 0 aliphatic carbocycles. The SMILES string of the molecule is Cl.O=C(NCCc1ccccc1F)N1[C@@H]2CC[C@H]1[C@H]1CNC[C@H]12. The van der Waals surface area contributed by atoms with Crippen molar-refractivity contribution in [1.82, 2.24) is 15.5 Å². The highest BCUT2D eigenvalue weighted by Crippen LogP contribution is 2.47. The zero-order valence-electron chi connectivity index (χ0n) is 13.0. The van der Waals surface area contributed by atoms with E-state index in [9.17, 15) is 9.18 Å². The number of fused-ring (bicyclic) bond motifs is 5. The molecule has 4 atom stereocenters. The Morgan fingerprint density at radius 3 is 2.52 bits per heavy atom. The molecular formula is C17H23ClFN3O. The third-order valence-electron chi connectivity index (χ3n) is 5.63. The third kappa shape index (κ3) is 2.81. The van der Waals surface area contributed by atoms with Gasteiger partial charge in [0.25, 0.3) is 0 Å². The summed E-state index contributed by atoms with van der Waals surface area (Å²) in [4.78, 5) is 14.6. The maximum absolute atomic E-state index is 13.6. The van der Waals surface area contributed by atoms with Gasteiger partial charge in [0.1, 0.15) is 5.82 Å². The Bertz CT molecular complexity index is 567. The molecule has 126 valence electrons. The van der Waals surface area contributed by atoms with Crippen LogP contribution in [-0.4, -0.2) is 42.6 Å². The number of benzene rings is 1. The predicted octanol–water partition coefficient (Wildman–Crippen LogP) is 2.18. The quantitative estimate of drug-likeness (QED) is 0.886. The van der Waals surface area contributed by atoms with Crippen LogP contribution in [0.3, 0.4) is 0 Å². The number of urea groups is 1. The molecule has 0 aromatic heterocycles. The molecule has 3 fully saturated rings. The van der Waals surface area contributed by atoms with Gasteiger partial charge < -0.3 is 15.5 Å². The molecule has 2 N–H and O–H groups in total. The Balaban J connectivity index is 0.00000156. The van der Waals surface area contributed by atoms with Crippen molar-refractivity contribution < 1.29 is 9.18 Å². The van der Waals surface area contributed by atoms with E-state index in [1.165, 1.54) is 6.07 Å². The third-order valence-corrected chi connectivity index (χ3v) is 5.63. The summed E-state index contributed by atoms with van der Waals surface area (Å²) in [6, 6.07) is 7.60. The molecule has 23 heavy (non-hydrogen) atoms. The molecule has 2 amide bonds. The highest BCUT2D eigenvalue weighted by atomic mass is 35.5. The van der Waals surface area contributed by atoms with Crippen molar-refractivity contribution in [3.8, 4) is 0 Å². The van der Waals surface area contributed by atoms with E-state index in [0.29, 0.717) is 42.4 Å². The van der Waals surface area contributed by atoms with Gasteiger partial charge in [-0.3, -0.25) is 0 Å². The normalized spacial score (nSPS) is 30.9. The maximum Gasteiger partial charge on any atom is 0.317 e. The topological polar surface area (TPSA) is 44.4 Å². The minimum atomic E-state index is -0.196. The number of carbonyl (C=O) groups excluding carboxylic acids is 1. The summed E-state index contributed by atoms with van der Waals surface area (Å²) in [6.45, 7) is 2.58. The van der Waals surface area contributed by atoms with Gasteiger partial charge in [0.05, 0.1) is 0 Å². The van der Waals surface area contributed by atoms with Crippen molar-refractivity contribution in [3.05, 3.63) is 35.6 Å². The zero-order chi connectivity index (χ0) is 15.1. The highest BCUT2D eigenvalue weighted by Gasteiger charge is 2.56. The second-order valence-electron chi connectivity index (χ2n) is 6.68. The van der Waals surface area contributed by atoms with Crippen molar-refractivity contribution in [2.75, 3.05) is 19.6 Å². The van der Waals surface area contributed by atoms with E-state index in [1.807, 2.05) is 6.07 Å². The van der Waals surface area contributed by atoms with Gasteiger partial charge in [0, 0.05) is 31.7 Å². The van der Waals surface area contributed by atoms with Crippen LogP contribution in [0.25, 0.3) is 0 Å². The van der Waals surface area contributed by atoms with E-state index in [-0.39, 0.29) is 24.3 Å². The molecule has 1 aromatic carbocycles. The maximum atomic E-state index is 13.6. The van der Waals surface area contributed by atoms with Crippen molar-refractivity contribution in [1.29, 1.82) is 0 Å². The molecule has 4 rings (SSSR count). The van der Waals surface area contributed by atoms with Gasteiger partial charge in [-0.1, -0.05) is 18.2 Å². The summed E-state index contributed by atoms with van der Waals surface area (Å²) in [5.41, 5.74) is 0.660. The molecule has 0 saturated carbocycles. The lowest BCUT2D eigenvalue weighted by atomic mass is 9.82. The van der Waals surface area contributed by atoms with Crippen molar-refractivity contribution >= 4 is 18.4 Å². The first-order valence-electron chi connectivity index (χ1n) is 8.26. The van der Waals surface area contributed by atoms with Gasteiger partial charge in [-0.2, -0.15) is 0 Å². The van der Waals surface area contributed by atoms with E-state index < -0.39 is 0 Å². The van der Waals surface area contributed by atoms with Crippen LogP contribution < -0.4 is 10.6 Å². The smallest absolute Gasteiger partial charge is 0.317 e. The number of amides is 2. The van der Waals surface area contributed by atoms with Gasteiger partial charge in [-0.25, -0.2) is 9.18 Å². The predicted molar refractivity (Wildman–Crippen MR) is 89.2 cm³/mol. The van der Waals surface area contributed by atoms with Gasteiger partial charge in [0.2, 0.25) is 0 Å². The zero-order valence-corrected chi connectivity index (χ0v) is 13.8. The Hall–Kier alpha value is -1.33. The molecule has 6 heteroatoms. The second kappa shape index (κ2) is 6.65. The molecule has 1 aromatic rings. The lowest BCUT2D eigenvalue weighted by Crippen LogP contribution is -2.45. The summed E-state index contributed by atoms with van der Waals surface area (Å²) in [7, 11) is 0. The number of halogens is 2. The number of nitrogens with zero attached hydrogens (tertiary/aromatic N) is 1. The van der Waals surface area contributed by atoms with E-state index in [1.54, 1.807) is 12.1 Å².